The number of hydrogen-bond acceptors (Lipinski definition) is 3. The molecule has 0 aromatic heterocycles. The van der Waals surface area contributed by atoms with Crippen LogP contribution in [0.3, 0.4) is 0 Å². The highest BCUT2D eigenvalue weighted by Gasteiger charge is 2.37. The largest absolute Gasteiger partial charge is 0.497 e. The predicted molar refractivity (Wildman–Crippen MR) is 67.4 cm³/mol. The van der Waals surface area contributed by atoms with E-state index in [1.54, 1.807) is 7.11 Å². The van der Waals surface area contributed by atoms with Crippen molar-refractivity contribution in [2.75, 3.05) is 25.1 Å². The maximum Gasteiger partial charge on any atom is 0.245 e. The van der Waals surface area contributed by atoms with E-state index in [1.165, 1.54) is 0 Å². The fourth-order valence-corrected chi connectivity index (χ4v) is 2.11. The first kappa shape index (κ1) is 11.8. The Morgan fingerprint density at radius 2 is 1.94 bits per heavy atom. The molecule has 1 fully saturated rings. The van der Waals surface area contributed by atoms with Crippen LogP contribution >= 0.6 is 0 Å². The highest BCUT2D eigenvalue weighted by atomic mass is 16.5. The summed E-state index contributed by atoms with van der Waals surface area (Å²) in [6, 6.07) is 7.80. The molecule has 0 bridgehead atoms. The van der Waals surface area contributed by atoms with Crippen LogP contribution in [0, 0.1) is 0 Å². The second-order valence-electron chi connectivity index (χ2n) is 4.66. The van der Waals surface area contributed by atoms with Crippen molar-refractivity contribution in [2.45, 2.75) is 19.4 Å². The number of nitrogens with one attached hydrogen (secondary N) is 1. The van der Waals surface area contributed by atoms with Crippen LogP contribution in [-0.4, -0.2) is 31.6 Å². The van der Waals surface area contributed by atoms with Gasteiger partial charge >= 0.3 is 0 Å². The quantitative estimate of drug-likeness (QED) is 0.841. The van der Waals surface area contributed by atoms with Gasteiger partial charge in [-0.1, -0.05) is 0 Å². The third-order valence-corrected chi connectivity index (χ3v) is 3.24. The normalized spacial score (nSPS) is 18.8. The van der Waals surface area contributed by atoms with Crippen molar-refractivity contribution in [1.29, 1.82) is 0 Å². The molecule has 1 aromatic rings. The second-order valence-corrected chi connectivity index (χ2v) is 4.66. The van der Waals surface area contributed by atoms with Crippen molar-refractivity contribution in [3.8, 4) is 5.75 Å². The standard InChI is InChI=1S/C13H18N2O2/c1-13(2)12(16)14-8-9-15(13)10-4-6-11(17-3)7-5-10/h4-7H,8-9H2,1-3H3,(H,14,16). The number of carbonyl (C=O) groups is 1. The molecule has 0 spiro atoms. The number of nitrogens with zero attached hydrogens (tertiary/aromatic N) is 1. The summed E-state index contributed by atoms with van der Waals surface area (Å²) in [4.78, 5) is 14.0. The van der Waals surface area contributed by atoms with Crippen molar-refractivity contribution in [3.05, 3.63) is 24.3 Å². The molecule has 0 unspecified atom stereocenters. The minimum Gasteiger partial charge on any atom is -0.497 e. The first-order chi connectivity index (χ1) is 8.05. The number of amides is 1. The Morgan fingerprint density at radius 3 is 2.53 bits per heavy atom. The smallest absolute Gasteiger partial charge is 0.245 e. The Hall–Kier alpha value is -1.71. The fraction of sp³-hybridized carbons (Fsp3) is 0.462. The average Bonchev–Trinajstić information content (AvgIpc) is 2.33. The van der Waals surface area contributed by atoms with Gasteiger partial charge in [-0.2, -0.15) is 0 Å². The molecule has 2 rings (SSSR count). The monoisotopic (exact) mass is 234 g/mol. The van der Waals surface area contributed by atoms with E-state index >= 15 is 0 Å². The number of rotatable bonds is 2. The van der Waals surface area contributed by atoms with Gasteiger partial charge in [-0.25, -0.2) is 0 Å². The summed E-state index contributed by atoms with van der Waals surface area (Å²) in [7, 11) is 1.65. The van der Waals surface area contributed by atoms with Gasteiger partial charge in [0.05, 0.1) is 7.11 Å². The van der Waals surface area contributed by atoms with E-state index in [-0.39, 0.29) is 5.91 Å². The van der Waals surface area contributed by atoms with Crippen LogP contribution in [0.4, 0.5) is 5.69 Å². The van der Waals surface area contributed by atoms with Gasteiger partial charge in [0.25, 0.3) is 0 Å². The second kappa shape index (κ2) is 4.28. The summed E-state index contributed by atoms with van der Waals surface area (Å²) in [5.41, 5.74) is 0.540. The molecule has 1 N–H and O–H groups in total. The molecule has 1 saturated heterocycles. The summed E-state index contributed by atoms with van der Waals surface area (Å²) in [6.07, 6.45) is 0. The SMILES string of the molecule is COc1ccc(N2CCNC(=O)C2(C)C)cc1. The molecule has 92 valence electrons. The zero-order valence-corrected chi connectivity index (χ0v) is 10.5. The van der Waals surface area contributed by atoms with Gasteiger partial charge < -0.3 is 15.0 Å². The van der Waals surface area contributed by atoms with Crippen LogP contribution < -0.4 is 15.0 Å². The highest BCUT2D eigenvalue weighted by Crippen LogP contribution is 2.27. The van der Waals surface area contributed by atoms with Crippen LogP contribution in [0.5, 0.6) is 5.75 Å². The number of hydrogen-bond donors (Lipinski definition) is 1. The molecule has 17 heavy (non-hydrogen) atoms. The molecule has 1 amide bonds. The highest BCUT2D eigenvalue weighted by molar-refractivity contribution is 5.90. The molecule has 4 nitrogen and oxygen atoms in total. The predicted octanol–water partition coefficient (Wildman–Crippen LogP) is 1.41. The first-order valence-corrected chi connectivity index (χ1v) is 5.75. The van der Waals surface area contributed by atoms with E-state index in [0.717, 1.165) is 18.0 Å². The molecule has 1 heterocycles. The lowest BCUT2D eigenvalue weighted by molar-refractivity contribution is -0.126. The molecule has 0 atom stereocenters. The van der Waals surface area contributed by atoms with E-state index < -0.39 is 5.54 Å². The van der Waals surface area contributed by atoms with Crippen LogP contribution in [-0.2, 0) is 4.79 Å². The van der Waals surface area contributed by atoms with Crippen LogP contribution in [0.15, 0.2) is 24.3 Å². The lowest BCUT2D eigenvalue weighted by Gasteiger charge is -2.42. The van der Waals surface area contributed by atoms with Gasteiger partial charge in [0.2, 0.25) is 5.91 Å². The molecule has 0 aliphatic carbocycles. The number of ether oxygens (including phenoxy) is 1. The average molecular weight is 234 g/mol. The molecule has 0 saturated carbocycles. The summed E-state index contributed by atoms with van der Waals surface area (Å²) < 4.78 is 5.13. The lowest BCUT2D eigenvalue weighted by atomic mass is 9.98. The topological polar surface area (TPSA) is 41.6 Å². The zero-order chi connectivity index (χ0) is 12.5. The number of benzene rings is 1. The van der Waals surface area contributed by atoms with Crippen LogP contribution in [0.1, 0.15) is 13.8 Å². The molecular formula is C13H18N2O2. The zero-order valence-electron chi connectivity index (χ0n) is 10.5. The van der Waals surface area contributed by atoms with Gasteiger partial charge in [-0.15, -0.1) is 0 Å². The maximum absolute atomic E-state index is 11.8. The number of anilines is 1. The Labute approximate surface area is 102 Å². The Morgan fingerprint density at radius 1 is 1.29 bits per heavy atom. The first-order valence-electron chi connectivity index (χ1n) is 5.75. The summed E-state index contributed by atoms with van der Waals surface area (Å²) in [5.74, 6) is 0.896. The Bertz CT molecular complexity index is 412. The maximum atomic E-state index is 11.8. The minimum absolute atomic E-state index is 0.0690. The van der Waals surface area contributed by atoms with E-state index in [9.17, 15) is 4.79 Å². The third kappa shape index (κ3) is 2.07. The number of piperazine rings is 1. The molecule has 1 aliphatic rings. The molecule has 4 heteroatoms. The van der Waals surface area contributed by atoms with Crippen LogP contribution in [0.25, 0.3) is 0 Å². The lowest BCUT2D eigenvalue weighted by Crippen LogP contribution is -2.62. The van der Waals surface area contributed by atoms with Crippen LogP contribution in [0.2, 0.25) is 0 Å². The van der Waals surface area contributed by atoms with Gasteiger partial charge in [0.15, 0.2) is 0 Å². The van der Waals surface area contributed by atoms with Gasteiger partial charge in [0, 0.05) is 18.8 Å². The van der Waals surface area contributed by atoms with Crippen molar-refractivity contribution in [1.82, 2.24) is 5.32 Å². The molecule has 1 aliphatic heterocycles. The fourth-order valence-electron chi connectivity index (χ4n) is 2.11. The van der Waals surface area contributed by atoms with E-state index in [0.29, 0.717) is 6.54 Å². The van der Waals surface area contributed by atoms with Gasteiger partial charge in [0.1, 0.15) is 11.3 Å². The van der Waals surface area contributed by atoms with Crippen molar-refractivity contribution < 1.29 is 9.53 Å². The molecule has 0 radical (unpaired) electrons. The van der Waals surface area contributed by atoms with E-state index in [4.69, 9.17) is 4.74 Å². The van der Waals surface area contributed by atoms with E-state index in [2.05, 4.69) is 10.2 Å². The van der Waals surface area contributed by atoms with E-state index in [1.807, 2.05) is 38.1 Å². The summed E-state index contributed by atoms with van der Waals surface area (Å²) >= 11 is 0. The number of methoxy groups -OCH3 is 1. The van der Waals surface area contributed by atoms with Crippen molar-refractivity contribution >= 4 is 11.6 Å². The number of carbonyl (C=O) groups excluding carboxylic acids is 1. The Balaban J connectivity index is 2.28. The molecular weight excluding hydrogens is 216 g/mol. The molecule has 1 aromatic carbocycles. The van der Waals surface area contributed by atoms with Gasteiger partial charge in [-0.05, 0) is 38.1 Å². The minimum atomic E-state index is -0.507. The van der Waals surface area contributed by atoms with Crippen molar-refractivity contribution in [2.24, 2.45) is 0 Å². The third-order valence-electron chi connectivity index (χ3n) is 3.24. The van der Waals surface area contributed by atoms with Gasteiger partial charge in [-0.3, -0.25) is 4.79 Å². The summed E-state index contributed by atoms with van der Waals surface area (Å²) in [5, 5.41) is 2.89. The summed E-state index contributed by atoms with van der Waals surface area (Å²) in [6.45, 7) is 5.39. The Kier molecular flexibility index (Phi) is 2.96. The van der Waals surface area contributed by atoms with Crippen molar-refractivity contribution in [3.63, 3.8) is 0 Å².